The van der Waals surface area contributed by atoms with Crippen molar-refractivity contribution in [3.63, 3.8) is 0 Å². The molecule has 0 aliphatic carbocycles. The van der Waals surface area contributed by atoms with E-state index >= 15 is 0 Å². The van der Waals surface area contributed by atoms with E-state index in [-0.39, 0.29) is 5.39 Å². The Morgan fingerprint density at radius 1 is 0.806 bits per heavy atom. The molecule has 4 nitrogen and oxygen atoms in total. The molecule has 0 unspecified atom stereocenters. The van der Waals surface area contributed by atoms with Crippen molar-refractivity contribution in [2.75, 3.05) is 0 Å². The number of benzene rings is 2. The van der Waals surface area contributed by atoms with Crippen molar-refractivity contribution in [2.45, 2.75) is 23.9 Å². The second-order valence-corrected chi connectivity index (χ2v) is 6.33. The van der Waals surface area contributed by atoms with Gasteiger partial charge in [0.2, 0.25) is 5.78 Å². The van der Waals surface area contributed by atoms with Crippen LogP contribution in [-0.2, 0) is 0 Å². The zero-order valence-corrected chi connectivity index (χ0v) is 14.5. The normalized spacial score (nSPS) is 13.7. The lowest BCUT2D eigenvalue weighted by molar-refractivity contribution is -0.386. The van der Waals surface area contributed by atoms with E-state index in [1.807, 2.05) is 0 Å². The molecule has 3 aromatic rings. The third kappa shape index (κ3) is 3.01. The molecule has 0 saturated heterocycles. The fourth-order valence-electron chi connectivity index (χ4n) is 2.79. The number of ketones is 1. The van der Waals surface area contributed by atoms with Gasteiger partial charge in [0.1, 0.15) is 11.3 Å². The van der Waals surface area contributed by atoms with E-state index in [0.29, 0.717) is 5.39 Å². The summed E-state index contributed by atoms with van der Waals surface area (Å²) in [7, 11) is 0. The molecule has 13 heteroatoms. The lowest BCUT2D eigenvalue weighted by atomic mass is 9.95. The largest absolute Gasteiger partial charge is 0.506 e. The van der Waals surface area contributed by atoms with Crippen LogP contribution in [-0.4, -0.2) is 34.8 Å². The smallest absolute Gasteiger partial charge is 0.460 e. The molecule has 1 N–H and O–H groups in total. The molecule has 3 rings (SSSR count). The standard InChI is InChI=1S/C18H7F9O4/c19-15(20,16(21,22)17(23,24)18(25,26)27)13(29)10-11(28)9-6-5-7-3-1-2-4-8(7)12(9)31-14(10)30/h1-6,28H. The Morgan fingerprint density at radius 3 is 1.97 bits per heavy atom. The van der Waals surface area contributed by atoms with Crippen molar-refractivity contribution >= 4 is 27.5 Å². The van der Waals surface area contributed by atoms with Gasteiger partial charge in [-0.3, -0.25) is 4.79 Å². The Kier molecular flexibility index (Phi) is 4.79. The van der Waals surface area contributed by atoms with Crippen LogP contribution in [0.15, 0.2) is 45.6 Å². The topological polar surface area (TPSA) is 67.5 Å². The highest BCUT2D eigenvalue weighted by Crippen LogP contribution is 2.54. The lowest BCUT2D eigenvalue weighted by Crippen LogP contribution is -2.63. The summed E-state index contributed by atoms with van der Waals surface area (Å²) in [6, 6.07) is 8.01. The van der Waals surface area contributed by atoms with Crippen LogP contribution in [0, 0.1) is 0 Å². The molecule has 166 valence electrons. The number of hydrogen-bond acceptors (Lipinski definition) is 4. The second kappa shape index (κ2) is 6.62. The average molecular weight is 458 g/mol. The summed E-state index contributed by atoms with van der Waals surface area (Å²) in [6.07, 6.45) is -7.16. The van der Waals surface area contributed by atoms with E-state index in [2.05, 4.69) is 4.42 Å². The number of halogens is 9. The van der Waals surface area contributed by atoms with Gasteiger partial charge in [0.25, 0.3) is 0 Å². The Hall–Kier alpha value is -3.25. The minimum atomic E-state index is -7.35. The average Bonchev–Trinajstić information content (AvgIpc) is 2.66. The van der Waals surface area contributed by atoms with Gasteiger partial charge in [0, 0.05) is 5.39 Å². The third-order valence-electron chi connectivity index (χ3n) is 4.43. The Labute approximate surface area is 164 Å². The molecule has 0 spiro atoms. The molecule has 0 amide bonds. The minimum Gasteiger partial charge on any atom is -0.506 e. The molecule has 1 heterocycles. The first kappa shape index (κ1) is 22.4. The summed E-state index contributed by atoms with van der Waals surface area (Å²) in [5.41, 5.74) is -4.81. The third-order valence-corrected chi connectivity index (χ3v) is 4.43. The van der Waals surface area contributed by atoms with Gasteiger partial charge >= 0.3 is 29.6 Å². The van der Waals surface area contributed by atoms with Crippen molar-refractivity contribution in [2.24, 2.45) is 0 Å². The van der Waals surface area contributed by atoms with E-state index < -0.39 is 57.6 Å². The van der Waals surface area contributed by atoms with E-state index in [9.17, 15) is 54.2 Å². The summed E-state index contributed by atoms with van der Waals surface area (Å²) < 4.78 is 122. The predicted molar refractivity (Wildman–Crippen MR) is 86.9 cm³/mol. The maximum Gasteiger partial charge on any atom is 0.460 e. The Morgan fingerprint density at radius 2 is 1.39 bits per heavy atom. The molecular weight excluding hydrogens is 451 g/mol. The van der Waals surface area contributed by atoms with Crippen molar-refractivity contribution < 1.29 is 53.8 Å². The first-order chi connectivity index (χ1) is 14.1. The predicted octanol–water partition coefficient (Wildman–Crippen LogP) is 5.30. The zero-order chi connectivity index (χ0) is 23.6. The summed E-state index contributed by atoms with van der Waals surface area (Å²) in [4.78, 5) is 23.9. The first-order valence-electron chi connectivity index (χ1n) is 7.98. The van der Waals surface area contributed by atoms with Crippen LogP contribution in [0.5, 0.6) is 5.75 Å². The fourth-order valence-corrected chi connectivity index (χ4v) is 2.79. The molecule has 0 fully saturated rings. The summed E-state index contributed by atoms with van der Waals surface area (Å²) in [5, 5.41) is 9.98. The number of alkyl halides is 9. The molecule has 0 radical (unpaired) electrons. The van der Waals surface area contributed by atoms with Crippen LogP contribution in [0.4, 0.5) is 39.5 Å². The first-order valence-corrected chi connectivity index (χ1v) is 7.98. The van der Waals surface area contributed by atoms with E-state index in [1.54, 1.807) is 6.07 Å². The lowest BCUT2D eigenvalue weighted by Gasteiger charge is -2.32. The van der Waals surface area contributed by atoms with Crippen LogP contribution in [0.3, 0.4) is 0 Å². The van der Waals surface area contributed by atoms with Gasteiger partial charge in [0.05, 0.1) is 5.39 Å². The second-order valence-electron chi connectivity index (χ2n) is 6.33. The number of aromatic hydroxyl groups is 1. The number of Topliss-reactive ketones (excluding diaryl/α,β-unsaturated/α-hetero) is 1. The van der Waals surface area contributed by atoms with E-state index in [1.165, 1.54) is 24.3 Å². The monoisotopic (exact) mass is 458 g/mol. The van der Waals surface area contributed by atoms with Crippen molar-refractivity contribution in [3.05, 3.63) is 52.4 Å². The fraction of sp³-hybridized carbons (Fsp3) is 0.222. The SMILES string of the molecule is O=C(c1c(O)c2ccc3ccccc3c2oc1=O)C(F)(F)C(F)(F)C(F)(F)C(F)(F)F. The zero-order valence-electron chi connectivity index (χ0n) is 14.5. The molecule has 31 heavy (non-hydrogen) atoms. The minimum absolute atomic E-state index is 0.118. The molecule has 0 aliphatic rings. The quantitative estimate of drug-likeness (QED) is 0.249. The maximum atomic E-state index is 13.9. The number of rotatable bonds is 4. The highest BCUT2D eigenvalue weighted by atomic mass is 19.4. The van der Waals surface area contributed by atoms with Gasteiger partial charge in [0.15, 0.2) is 5.56 Å². The van der Waals surface area contributed by atoms with Gasteiger partial charge in [-0.15, -0.1) is 0 Å². The molecule has 2 aromatic carbocycles. The number of hydrogen-bond donors (Lipinski definition) is 1. The van der Waals surface area contributed by atoms with Crippen molar-refractivity contribution in [1.82, 2.24) is 0 Å². The molecule has 1 aromatic heterocycles. The molecular formula is C18H7F9O4. The van der Waals surface area contributed by atoms with E-state index in [0.717, 1.165) is 6.07 Å². The van der Waals surface area contributed by atoms with Crippen LogP contribution in [0.25, 0.3) is 21.7 Å². The van der Waals surface area contributed by atoms with Gasteiger partial charge in [-0.05, 0) is 11.5 Å². The van der Waals surface area contributed by atoms with Crippen LogP contribution in [0.1, 0.15) is 10.4 Å². The summed E-state index contributed by atoms with van der Waals surface area (Å²) in [6.45, 7) is 0. The highest BCUT2D eigenvalue weighted by Gasteiger charge is 2.83. The highest BCUT2D eigenvalue weighted by molar-refractivity contribution is 6.11. The number of carbonyl (C=O) groups is 1. The van der Waals surface area contributed by atoms with E-state index in [4.69, 9.17) is 0 Å². The van der Waals surface area contributed by atoms with Crippen molar-refractivity contribution in [1.29, 1.82) is 0 Å². The van der Waals surface area contributed by atoms with Crippen LogP contribution >= 0.6 is 0 Å². The van der Waals surface area contributed by atoms with Gasteiger partial charge in [-0.1, -0.05) is 30.3 Å². The Bertz CT molecular complexity index is 1260. The summed E-state index contributed by atoms with van der Waals surface area (Å²) in [5.74, 6) is -26.5. The van der Waals surface area contributed by atoms with Crippen LogP contribution in [0.2, 0.25) is 0 Å². The van der Waals surface area contributed by atoms with Gasteiger partial charge in [-0.2, -0.15) is 39.5 Å². The maximum absolute atomic E-state index is 13.9. The molecule has 0 atom stereocenters. The molecule has 0 bridgehead atoms. The Balaban J connectivity index is 2.25. The summed E-state index contributed by atoms with van der Waals surface area (Å²) >= 11 is 0. The number of carbonyl (C=O) groups excluding carboxylic acids is 1. The molecule has 0 aliphatic heterocycles. The van der Waals surface area contributed by atoms with Gasteiger partial charge < -0.3 is 9.52 Å². The van der Waals surface area contributed by atoms with Gasteiger partial charge in [-0.25, -0.2) is 4.79 Å². The van der Waals surface area contributed by atoms with Crippen LogP contribution < -0.4 is 5.63 Å². The number of fused-ring (bicyclic) bond motifs is 3. The molecule has 0 saturated carbocycles. The van der Waals surface area contributed by atoms with Crippen molar-refractivity contribution in [3.8, 4) is 5.75 Å².